The number of hydrogen-bond donors (Lipinski definition) is 1. The lowest BCUT2D eigenvalue weighted by Gasteiger charge is -2.26. The zero-order valence-electron chi connectivity index (χ0n) is 16.7. The van der Waals surface area contributed by atoms with Gasteiger partial charge in [-0.05, 0) is 69.9 Å². The number of nitrogens with zero attached hydrogens (tertiary/aromatic N) is 2. The zero-order chi connectivity index (χ0) is 20.0. The van der Waals surface area contributed by atoms with Crippen molar-refractivity contribution in [2.24, 2.45) is 0 Å². The summed E-state index contributed by atoms with van der Waals surface area (Å²) in [5.74, 6) is 0.0867. The molecule has 0 saturated carbocycles. The van der Waals surface area contributed by atoms with Crippen molar-refractivity contribution in [2.75, 3.05) is 46.4 Å². The Hall–Kier alpha value is -1.64. The first-order chi connectivity index (χ1) is 13.5. The van der Waals surface area contributed by atoms with Gasteiger partial charge in [0.25, 0.3) is 5.91 Å². The lowest BCUT2D eigenvalue weighted by molar-refractivity contribution is 0.0948. The van der Waals surface area contributed by atoms with E-state index in [2.05, 4.69) is 10.2 Å². The van der Waals surface area contributed by atoms with Gasteiger partial charge in [0, 0.05) is 19.6 Å². The summed E-state index contributed by atoms with van der Waals surface area (Å²) in [6, 6.07) is 4.53. The van der Waals surface area contributed by atoms with Crippen molar-refractivity contribution in [1.29, 1.82) is 0 Å². The van der Waals surface area contributed by atoms with Crippen LogP contribution in [0.2, 0.25) is 0 Å². The van der Waals surface area contributed by atoms with Crippen molar-refractivity contribution in [1.82, 2.24) is 14.5 Å². The van der Waals surface area contributed by atoms with E-state index < -0.39 is 10.0 Å². The molecule has 0 bridgehead atoms. The number of piperidine rings is 1. The molecule has 0 spiro atoms. The van der Waals surface area contributed by atoms with Crippen LogP contribution in [-0.4, -0.2) is 69.9 Å². The molecule has 2 aliphatic rings. The number of benzene rings is 1. The first-order valence-electron chi connectivity index (χ1n) is 10.2. The number of ether oxygens (including phenoxy) is 1. The highest BCUT2D eigenvalue weighted by Gasteiger charge is 2.27. The zero-order valence-corrected chi connectivity index (χ0v) is 17.5. The quantitative estimate of drug-likeness (QED) is 0.665. The number of likely N-dealkylation sites (tertiary alicyclic amines) is 1. The molecule has 1 aromatic carbocycles. The summed E-state index contributed by atoms with van der Waals surface area (Å²) in [5, 5.41) is 2.90. The second-order valence-electron chi connectivity index (χ2n) is 7.49. The molecule has 3 rings (SSSR count). The Morgan fingerprint density at radius 2 is 1.75 bits per heavy atom. The Morgan fingerprint density at radius 3 is 2.43 bits per heavy atom. The van der Waals surface area contributed by atoms with E-state index in [9.17, 15) is 13.2 Å². The van der Waals surface area contributed by atoms with Crippen LogP contribution in [0, 0.1) is 0 Å². The molecular weight excluding hydrogens is 378 g/mol. The van der Waals surface area contributed by atoms with Gasteiger partial charge in [0.2, 0.25) is 10.0 Å². The predicted molar refractivity (Wildman–Crippen MR) is 108 cm³/mol. The first-order valence-corrected chi connectivity index (χ1v) is 11.6. The summed E-state index contributed by atoms with van der Waals surface area (Å²) >= 11 is 0. The van der Waals surface area contributed by atoms with E-state index in [1.54, 1.807) is 6.07 Å². The third-order valence-corrected chi connectivity index (χ3v) is 7.40. The van der Waals surface area contributed by atoms with Crippen molar-refractivity contribution >= 4 is 15.9 Å². The van der Waals surface area contributed by atoms with Crippen LogP contribution in [-0.2, 0) is 10.0 Å². The van der Waals surface area contributed by atoms with E-state index in [1.807, 2.05) is 0 Å². The van der Waals surface area contributed by atoms with Gasteiger partial charge in [-0.2, -0.15) is 4.31 Å². The average molecular weight is 410 g/mol. The standard InChI is InChI=1S/C20H31N3O4S/c1-27-19-9-8-17(28(25,26)23-14-3-2-4-15-23)16-18(19)20(24)21-10-7-13-22-11-5-6-12-22/h8-9,16H,2-7,10-15H2,1H3,(H,21,24). The molecule has 0 atom stereocenters. The molecule has 0 unspecified atom stereocenters. The number of hydrogen-bond acceptors (Lipinski definition) is 5. The number of nitrogens with one attached hydrogen (secondary N) is 1. The average Bonchev–Trinajstić information content (AvgIpc) is 3.24. The van der Waals surface area contributed by atoms with Gasteiger partial charge in [-0.1, -0.05) is 6.42 Å². The normalized spacial score (nSPS) is 18.9. The van der Waals surface area contributed by atoms with Crippen molar-refractivity contribution in [3.63, 3.8) is 0 Å². The largest absolute Gasteiger partial charge is 0.496 e. The van der Waals surface area contributed by atoms with Crippen molar-refractivity contribution in [2.45, 2.75) is 43.4 Å². The minimum atomic E-state index is -3.59. The number of rotatable bonds is 8. The van der Waals surface area contributed by atoms with Crippen LogP contribution in [0.25, 0.3) is 0 Å². The topological polar surface area (TPSA) is 79.0 Å². The minimum absolute atomic E-state index is 0.150. The van der Waals surface area contributed by atoms with Crippen molar-refractivity contribution < 1.29 is 17.9 Å². The van der Waals surface area contributed by atoms with Crippen LogP contribution in [0.1, 0.15) is 48.9 Å². The van der Waals surface area contributed by atoms with Gasteiger partial charge in [0.1, 0.15) is 5.75 Å². The molecule has 2 fully saturated rings. The molecule has 1 N–H and O–H groups in total. The Bertz CT molecular complexity index is 770. The fraction of sp³-hybridized carbons (Fsp3) is 0.650. The molecule has 2 saturated heterocycles. The van der Waals surface area contributed by atoms with Gasteiger partial charge < -0.3 is 15.0 Å². The molecule has 156 valence electrons. The Balaban J connectivity index is 1.66. The Morgan fingerprint density at radius 1 is 1.07 bits per heavy atom. The van der Waals surface area contributed by atoms with Gasteiger partial charge in [0.05, 0.1) is 17.6 Å². The van der Waals surface area contributed by atoms with Gasteiger partial charge in [-0.25, -0.2) is 8.42 Å². The van der Waals surface area contributed by atoms with E-state index in [-0.39, 0.29) is 16.4 Å². The van der Waals surface area contributed by atoms with Crippen LogP contribution in [0.4, 0.5) is 0 Å². The fourth-order valence-electron chi connectivity index (χ4n) is 3.89. The Labute approximate surface area is 168 Å². The second-order valence-corrected chi connectivity index (χ2v) is 9.42. The number of carbonyl (C=O) groups is 1. The number of methoxy groups -OCH3 is 1. The smallest absolute Gasteiger partial charge is 0.255 e. The van der Waals surface area contributed by atoms with E-state index >= 15 is 0 Å². The third-order valence-electron chi connectivity index (χ3n) is 5.50. The minimum Gasteiger partial charge on any atom is -0.496 e. The van der Waals surface area contributed by atoms with E-state index in [1.165, 1.54) is 36.4 Å². The molecule has 1 amide bonds. The molecule has 2 heterocycles. The van der Waals surface area contributed by atoms with Crippen molar-refractivity contribution in [3.05, 3.63) is 23.8 Å². The predicted octanol–water partition coefficient (Wildman–Crippen LogP) is 2.09. The monoisotopic (exact) mass is 409 g/mol. The van der Waals surface area contributed by atoms with Gasteiger partial charge >= 0.3 is 0 Å². The summed E-state index contributed by atoms with van der Waals surface area (Å²) in [7, 11) is -2.10. The highest BCUT2D eigenvalue weighted by molar-refractivity contribution is 7.89. The van der Waals surface area contributed by atoms with Crippen LogP contribution < -0.4 is 10.1 Å². The highest BCUT2D eigenvalue weighted by atomic mass is 32.2. The maximum atomic E-state index is 12.9. The lowest BCUT2D eigenvalue weighted by Crippen LogP contribution is -2.35. The van der Waals surface area contributed by atoms with E-state index in [0.29, 0.717) is 25.4 Å². The molecule has 7 nitrogen and oxygen atoms in total. The van der Waals surface area contributed by atoms with Gasteiger partial charge in [-0.15, -0.1) is 0 Å². The summed E-state index contributed by atoms with van der Waals surface area (Å²) in [6.07, 6.45) is 6.18. The van der Waals surface area contributed by atoms with Crippen LogP contribution >= 0.6 is 0 Å². The maximum Gasteiger partial charge on any atom is 0.255 e. The van der Waals surface area contributed by atoms with E-state index in [4.69, 9.17) is 4.74 Å². The number of carbonyl (C=O) groups excluding carboxylic acids is 1. The SMILES string of the molecule is COc1ccc(S(=O)(=O)N2CCCCC2)cc1C(=O)NCCCN1CCCC1. The molecule has 0 aliphatic carbocycles. The number of sulfonamides is 1. The number of amides is 1. The third kappa shape index (κ3) is 5.04. The summed E-state index contributed by atoms with van der Waals surface area (Å²) in [4.78, 5) is 15.2. The summed E-state index contributed by atoms with van der Waals surface area (Å²) in [5.41, 5.74) is 0.266. The van der Waals surface area contributed by atoms with Gasteiger partial charge in [0.15, 0.2) is 0 Å². The van der Waals surface area contributed by atoms with E-state index in [0.717, 1.165) is 45.3 Å². The van der Waals surface area contributed by atoms with Crippen LogP contribution in [0.5, 0.6) is 5.75 Å². The maximum absolute atomic E-state index is 12.9. The first kappa shape index (κ1) is 21.1. The molecule has 0 radical (unpaired) electrons. The summed E-state index contributed by atoms with van der Waals surface area (Å²) in [6.45, 7) is 4.87. The highest BCUT2D eigenvalue weighted by Crippen LogP contribution is 2.26. The van der Waals surface area contributed by atoms with Crippen molar-refractivity contribution in [3.8, 4) is 5.75 Å². The fourth-order valence-corrected chi connectivity index (χ4v) is 5.43. The molecule has 28 heavy (non-hydrogen) atoms. The molecule has 8 heteroatoms. The molecule has 1 aromatic rings. The van der Waals surface area contributed by atoms with Gasteiger partial charge in [-0.3, -0.25) is 4.79 Å². The van der Waals surface area contributed by atoms with Crippen LogP contribution in [0.15, 0.2) is 23.1 Å². The Kier molecular flexibility index (Phi) is 7.31. The van der Waals surface area contributed by atoms with Crippen LogP contribution in [0.3, 0.4) is 0 Å². The second kappa shape index (κ2) is 9.71. The molecular formula is C20H31N3O4S. The summed E-state index contributed by atoms with van der Waals surface area (Å²) < 4.78 is 32.6. The molecule has 0 aromatic heterocycles. The molecule has 2 aliphatic heterocycles. The lowest BCUT2D eigenvalue weighted by atomic mass is 10.2.